The van der Waals surface area contributed by atoms with Gasteiger partial charge in [-0.25, -0.2) is 19.9 Å². The number of rotatable bonds is 2. The van der Waals surface area contributed by atoms with Crippen molar-refractivity contribution in [1.29, 1.82) is 0 Å². The quantitative estimate of drug-likeness (QED) is 0.782. The van der Waals surface area contributed by atoms with Crippen LogP contribution in [0.15, 0.2) is 24.8 Å². The van der Waals surface area contributed by atoms with Gasteiger partial charge >= 0.3 is 0 Å². The maximum Gasteiger partial charge on any atom is 0.227 e. The summed E-state index contributed by atoms with van der Waals surface area (Å²) in [6.07, 6.45) is 5.11. The predicted molar refractivity (Wildman–Crippen MR) is 80.2 cm³/mol. The molecule has 0 aliphatic heterocycles. The van der Waals surface area contributed by atoms with Crippen molar-refractivity contribution in [3.8, 4) is 17.3 Å². The highest BCUT2D eigenvalue weighted by Gasteiger charge is 2.26. The fraction of sp³-hybridized carbons (Fsp3) is 0.333. The first-order chi connectivity index (χ1) is 10.0. The molecule has 6 nitrogen and oxygen atoms in total. The van der Waals surface area contributed by atoms with E-state index in [9.17, 15) is 0 Å². The molecule has 0 saturated heterocycles. The second-order valence-electron chi connectivity index (χ2n) is 5.83. The molecule has 0 aliphatic rings. The molecule has 0 radical (unpaired) electrons. The largest absolute Gasteiger partial charge is 0.480 e. The average molecular weight is 283 g/mol. The molecule has 1 N–H and O–H groups in total. The van der Waals surface area contributed by atoms with Crippen molar-refractivity contribution in [3.63, 3.8) is 0 Å². The third-order valence-corrected chi connectivity index (χ3v) is 3.24. The topological polar surface area (TPSA) is 76.6 Å². The van der Waals surface area contributed by atoms with Crippen molar-refractivity contribution >= 4 is 11.0 Å². The lowest BCUT2D eigenvalue weighted by molar-refractivity contribution is 0.395. The molecule has 0 aromatic carbocycles. The van der Waals surface area contributed by atoms with E-state index in [1.807, 2.05) is 12.3 Å². The van der Waals surface area contributed by atoms with Crippen LogP contribution in [0.3, 0.4) is 0 Å². The second kappa shape index (κ2) is 4.80. The fourth-order valence-corrected chi connectivity index (χ4v) is 2.26. The molecule has 0 bridgehead atoms. The Morgan fingerprint density at radius 1 is 1.14 bits per heavy atom. The van der Waals surface area contributed by atoms with Crippen LogP contribution < -0.4 is 4.74 Å². The Kier molecular flexibility index (Phi) is 3.08. The zero-order chi connectivity index (χ0) is 15.0. The smallest absolute Gasteiger partial charge is 0.227 e. The van der Waals surface area contributed by atoms with E-state index in [2.05, 4.69) is 45.7 Å². The van der Waals surface area contributed by atoms with Gasteiger partial charge in [0.05, 0.1) is 30.0 Å². The molecule has 3 aromatic rings. The first-order valence-corrected chi connectivity index (χ1v) is 6.70. The molecule has 0 saturated carbocycles. The maximum atomic E-state index is 5.39. The third-order valence-electron chi connectivity index (χ3n) is 3.24. The van der Waals surface area contributed by atoms with Crippen molar-refractivity contribution in [2.45, 2.75) is 26.2 Å². The lowest BCUT2D eigenvalue weighted by atomic mass is 9.88. The summed E-state index contributed by atoms with van der Waals surface area (Å²) in [4.78, 5) is 20.7. The number of methoxy groups -OCH3 is 1. The third kappa shape index (κ3) is 2.33. The summed E-state index contributed by atoms with van der Waals surface area (Å²) in [6.45, 7) is 6.27. The van der Waals surface area contributed by atoms with E-state index in [1.54, 1.807) is 13.3 Å². The standard InChI is InChI=1S/C15H17N5O/c1-15(2,3)12-11(14(21-4)19-8-18-12)13-17-7-10-9(20-13)5-6-16-10/h5-8,16H,1-4H3. The number of aromatic amines is 1. The average Bonchev–Trinajstić information content (AvgIpc) is 2.92. The minimum absolute atomic E-state index is 0.165. The van der Waals surface area contributed by atoms with E-state index in [0.29, 0.717) is 11.7 Å². The van der Waals surface area contributed by atoms with Crippen LogP contribution in [0.25, 0.3) is 22.4 Å². The van der Waals surface area contributed by atoms with Crippen LogP contribution in [0, 0.1) is 0 Å². The SMILES string of the molecule is COc1ncnc(C(C)(C)C)c1-c1ncc2[nH]ccc2n1. The first kappa shape index (κ1) is 13.5. The molecule has 6 heteroatoms. The number of nitrogens with zero attached hydrogens (tertiary/aromatic N) is 4. The summed E-state index contributed by atoms with van der Waals surface area (Å²) in [5, 5.41) is 0. The van der Waals surface area contributed by atoms with E-state index in [-0.39, 0.29) is 5.41 Å². The van der Waals surface area contributed by atoms with Crippen molar-refractivity contribution in [3.05, 3.63) is 30.5 Å². The van der Waals surface area contributed by atoms with E-state index in [4.69, 9.17) is 4.74 Å². The molecule has 0 unspecified atom stereocenters. The van der Waals surface area contributed by atoms with Gasteiger partial charge in [-0.1, -0.05) is 20.8 Å². The summed E-state index contributed by atoms with van der Waals surface area (Å²) in [5.41, 5.74) is 3.19. The Bertz CT molecular complexity index is 788. The van der Waals surface area contributed by atoms with Crippen molar-refractivity contribution in [1.82, 2.24) is 24.9 Å². The van der Waals surface area contributed by atoms with Gasteiger partial charge in [0.2, 0.25) is 5.88 Å². The molecule has 3 rings (SSSR count). The molecular formula is C15H17N5O. The van der Waals surface area contributed by atoms with Crippen LogP contribution in [-0.2, 0) is 5.41 Å². The number of fused-ring (bicyclic) bond motifs is 1. The van der Waals surface area contributed by atoms with Crippen molar-refractivity contribution in [2.24, 2.45) is 0 Å². The van der Waals surface area contributed by atoms with Gasteiger partial charge in [0.15, 0.2) is 5.82 Å². The zero-order valence-corrected chi connectivity index (χ0v) is 12.5. The molecule has 3 aromatic heterocycles. The van der Waals surface area contributed by atoms with E-state index < -0.39 is 0 Å². The zero-order valence-electron chi connectivity index (χ0n) is 12.5. The minimum Gasteiger partial charge on any atom is -0.480 e. The van der Waals surface area contributed by atoms with E-state index >= 15 is 0 Å². The monoisotopic (exact) mass is 283 g/mol. The Morgan fingerprint density at radius 2 is 1.95 bits per heavy atom. The minimum atomic E-state index is -0.165. The molecule has 3 heterocycles. The summed E-state index contributed by atoms with van der Waals surface area (Å²) >= 11 is 0. The van der Waals surface area contributed by atoms with Gasteiger partial charge < -0.3 is 9.72 Å². The number of nitrogens with one attached hydrogen (secondary N) is 1. The number of ether oxygens (including phenoxy) is 1. The molecular weight excluding hydrogens is 266 g/mol. The number of aromatic nitrogens is 5. The van der Waals surface area contributed by atoms with Gasteiger partial charge in [0.1, 0.15) is 11.9 Å². The van der Waals surface area contributed by atoms with E-state index in [1.165, 1.54) is 6.33 Å². The van der Waals surface area contributed by atoms with Crippen LogP contribution in [0.5, 0.6) is 5.88 Å². The molecule has 0 spiro atoms. The van der Waals surface area contributed by atoms with Crippen LogP contribution in [0.1, 0.15) is 26.5 Å². The van der Waals surface area contributed by atoms with Crippen LogP contribution >= 0.6 is 0 Å². The second-order valence-corrected chi connectivity index (χ2v) is 5.83. The lowest BCUT2D eigenvalue weighted by Crippen LogP contribution is -2.17. The predicted octanol–water partition coefficient (Wildman–Crippen LogP) is 2.72. The Morgan fingerprint density at radius 3 is 2.67 bits per heavy atom. The number of hydrogen-bond acceptors (Lipinski definition) is 5. The number of H-pyrrole nitrogens is 1. The van der Waals surface area contributed by atoms with Crippen molar-refractivity contribution in [2.75, 3.05) is 7.11 Å². The van der Waals surface area contributed by atoms with Gasteiger partial charge in [0, 0.05) is 11.6 Å². The highest BCUT2D eigenvalue weighted by molar-refractivity contribution is 5.77. The van der Waals surface area contributed by atoms with Gasteiger partial charge in [0.25, 0.3) is 0 Å². The highest BCUT2D eigenvalue weighted by atomic mass is 16.5. The fourth-order valence-electron chi connectivity index (χ4n) is 2.26. The summed E-state index contributed by atoms with van der Waals surface area (Å²) in [6, 6.07) is 1.91. The molecule has 21 heavy (non-hydrogen) atoms. The molecule has 0 fully saturated rings. The molecule has 0 atom stereocenters. The van der Waals surface area contributed by atoms with Gasteiger partial charge in [-0.05, 0) is 6.07 Å². The van der Waals surface area contributed by atoms with E-state index in [0.717, 1.165) is 22.3 Å². The van der Waals surface area contributed by atoms with Gasteiger partial charge in [-0.15, -0.1) is 0 Å². The Balaban J connectivity index is 2.28. The number of hydrogen-bond donors (Lipinski definition) is 1. The first-order valence-electron chi connectivity index (χ1n) is 6.70. The summed E-state index contributed by atoms with van der Waals surface area (Å²) < 4.78 is 5.39. The highest BCUT2D eigenvalue weighted by Crippen LogP contribution is 2.35. The molecule has 0 amide bonds. The van der Waals surface area contributed by atoms with Gasteiger partial charge in [-0.2, -0.15) is 0 Å². The Labute approximate surface area is 122 Å². The van der Waals surface area contributed by atoms with Crippen LogP contribution in [0.2, 0.25) is 0 Å². The summed E-state index contributed by atoms with van der Waals surface area (Å²) in [7, 11) is 1.59. The van der Waals surface area contributed by atoms with Gasteiger partial charge in [-0.3, -0.25) is 0 Å². The van der Waals surface area contributed by atoms with Crippen molar-refractivity contribution < 1.29 is 4.74 Å². The normalized spacial score (nSPS) is 11.8. The molecule has 0 aliphatic carbocycles. The lowest BCUT2D eigenvalue weighted by Gasteiger charge is -2.21. The van der Waals surface area contributed by atoms with Crippen LogP contribution in [-0.4, -0.2) is 32.0 Å². The molecule has 108 valence electrons. The maximum absolute atomic E-state index is 5.39. The Hall–Kier alpha value is -2.50. The van der Waals surface area contributed by atoms with Crippen LogP contribution in [0.4, 0.5) is 0 Å². The summed E-state index contributed by atoms with van der Waals surface area (Å²) in [5.74, 6) is 1.06.